The van der Waals surface area contributed by atoms with Crippen molar-refractivity contribution in [3.05, 3.63) is 16.6 Å². The van der Waals surface area contributed by atoms with Crippen molar-refractivity contribution in [2.75, 3.05) is 6.54 Å². The van der Waals surface area contributed by atoms with Gasteiger partial charge in [0.1, 0.15) is 5.78 Å². The largest absolute Gasteiger partial charge is 0.314 e. The van der Waals surface area contributed by atoms with E-state index < -0.39 is 0 Å². The van der Waals surface area contributed by atoms with Gasteiger partial charge in [0.15, 0.2) is 0 Å². The van der Waals surface area contributed by atoms with E-state index in [0.717, 1.165) is 18.0 Å². The van der Waals surface area contributed by atoms with Crippen molar-refractivity contribution in [3.8, 4) is 0 Å². The summed E-state index contributed by atoms with van der Waals surface area (Å²) in [6, 6.07) is 0.419. The van der Waals surface area contributed by atoms with Gasteiger partial charge in [-0.2, -0.15) is 0 Å². The topological polar surface area (TPSA) is 42.0 Å². The van der Waals surface area contributed by atoms with Crippen molar-refractivity contribution in [3.63, 3.8) is 0 Å². The Morgan fingerprint density at radius 3 is 3.29 bits per heavy atom. The van der Waals surface area contributed by atoms with Crippen LogP contribution in [0.5, 0.6) is 0 Å². The summed E-state index contributed by atoms with van der Waals surface area (Å²) in [4.78, 5) is 15.7. The van der Waals surface area contributed by atoms with E-state index in [1.807, 2.05) is 5.38 Å². The van der Waals surface area contributed by atoms with Crippen molar-refractivity contribution in [1.82, 2.24) is 10.3 Å². The molecule has 3 nitrogen and oxygen atoms in total. The third kappa shape index (κ3) is 2.62. The lowest BCUT2D eigenvalue weighted by Gasteiger charge is -2.07. The molecule has 0 saturated carbocycles. The molecule has 4 heteroatoms. The fourth-order valence-electron chi connectivity index (χ4n) is 1.79. The lowest BCUT2D eigenvalue weighted by Crippen LogP contribution is -2.25. The number of rotatable bonds is 4. The van der Waals surface area contributed by atoms with Gasteiger partial charge >= 0.3 is 0 Å². The predicted octanol–water partition coefficient (Wildman–Crippen LogP) is 1.40. The zero-order valence-corrected chi connectivity index (χ0v) is 8.85. The normalized spacial score (nSPS) is 21.3. The maximum Gasteiger partial charge on any atom is 0.141 e. The van der Waals surface area contributed by atoms with Crippen LogP contribution in [0.1, 0.15) is 24.3 Å². The van der Waals surface area contributed by atoms with Gasteiger partial charge in [0.2, 0.25) is 0 Å². The Bertz CT molecular complexity index is 291. The second-order valence-corrected chi connectivity index (χ2v) is 4.62. The summed E-state index contributed by atoms with van der Waals surface area (Å²) in [6.45, 7) is 1.06. The van der Waals surface area contributed by atoms with Gasteiger partial charge in [-0.05, 0) is 19.4 Å². The van der Waals surface area contributed by atoms with Crippen LogP contribution in [0.3, 0.4) is 0 Å². The summed E-state index contributed by atoms with van der Waals surface area (Å²) in [5.41, 5.74) is 0. The zero-order chi connectivity index (χ0) is 9.80. The number of carbonyl (C=O) groups excluding carboxylic acids is 1. The first kappa shape index (κ1) is 9.80. The van der Waals surface area contributed by atoms with Crippen LogP contribution < -0.4 is 5.32 Å². The van der Waals surface area contributed by atoms with Gasteiger partial charge in [-0.1, -0.05) is 0 Å². The SMILES string of the molecule is O=C(Cc1nccs1)CC1CCCN1. The van der Waals surface area contributed by atoms with E-state index in [1.165, 1.54) is 6.42 Å². The summed E-state index contributed by atoms with van der Waals surface area (Å²) in [5.74, 6) is 0.305. The highest BCUT2D eigenvalue weighted by atomic mass is 32.1. The van der Waals surface area contributed by atoms with Crippen LogP contribution in [0.2, 0.25) is 0 Å². The molecular formula is C10H14N2OS. The third-order valence-corrected chi connectivity index (χ3v) is 3.25. The minimum atomic E-state index is 0.305. The van der Waals surface area contributed by atoms with Gasteiger partial charge < -0.3 is 5.32 Å². The minimum Gasteiger partial charge on any atom is -0.314 e. The lowest BCUT2D eigenvalue weighted by atomic mass is 10.1. The molecule has 1 aromatic rings. The number of nitrogens with zero attached hydrogens (tertiary/aromatic N) is 1. The second kappa shape index (κ2) is 4.66. The molecule has 1 saturated heterocycles. The first-order valence-electron chi connectivity index (χ1n) is 4.98. The van der Waals surface area contributed by atoms with Gasteiger partial charge in [-0.15, -0.1) is 11.3 Å². The first-order valence-corrected chi connectivity index (χ1v) is 5.86. The molecule has 76 valence electrons. The third-order valence-electron chi connectivity index (χ3n) is 2.47. The molecule has 1 aliphatic heterocycles. The summed E-state index contributed by atoms with van der Waals surface area (Å²) >= 11 is 1.56. The average Bonchev–Trinajstić information content (AvgIpc) is 2.76. The maximum absolute atomic E-state index is 11.6. The number of hydrogen-bond acceptors (Lipinski definition) is 4. The molecular weight excluding hydrogens is 196 g/mol. The van der Waals surface area contributed by atoms with E-state index in [2.05, 4.69) is 10.3 Å². The Labute approximate surface area is 87.6 Å². The van der Waals surface area contributed by atoms with Crippen molar-refractivity contribution in [1.29, 1.82) is 0 Å². The van der Waals surface area contributed by atoms with Crippen LogP contribution in [-0.4, -0.2) is 23.4 Å². The van der Waals surface area contributed by atoms with Crippen molar-refractivity contribution in [2.24, 2.45) is 0 Å². The van der Waals surface area contributed by atoms with Crippen LogP contribution in [0.25, 0.3) is 0 Å². The summed E-state index contributed by atoms with van der Waals surface area (Å²) in [7, 11) is 0. The molecule has 0 spiro atoms. The number of aromatic nitrogens is 1. The predicted molar refractivity (Wildman–Crippen MR) is 56.5 cm³/mol. The second-order valence-electron chi connectivity index (χ2n) is 3.64. The molecule has 0 aliphatic carbocycles. The van der Waals surface area contributed by atoms with Crippen molar-refractivity contribution in [2.45, 2.75) is 31.7 Å². The lowest BCUT2D eigenvalue weighted by molar-refractivity contribution is -0.118. The van der Waals surface area contributed by atoms with Crippen LogP contribution >= 0.6 is 11.3 Å². The fraction of sp³-hybridized carbons (Fsp3) is 0.600. The molecule has 1 atom stereocenters. The molecule has 1 unspecified atom stereocenters. The number of Topliss-reactive ketones (excluding diaryl/α,β-unsaturated/α-hetero) is 1. The van der Waals surface area contributed by atoms with Gasteiger partial charge in [0, 0.05) is 24.0 Å². The number of hydrogen-bond donors (Lipinski definition) is 1. The Kier molecular flexibility index (Phi) is 3.26. The molecule has 14 heavy (non-hydrogen) atoms. The number of ketones is 1. The first-order chi connectivity index (χ1) is 6.84. The maximum atomic E-state index is 11.6. The highest BCUT2D eigenvalue weighted by molar-refractivity contribution is 7.09. The molecule has 2 heterocycles. The molecule has 0 aromatic carbocycles. The molecule has 0 bridgehead atoms. The Hall–Kier alpha value is -0.740. The summed E-state index contributed by atoms with van der Waals surface area (Å²) in [6.07, 6.45) is 5.27. The smallest absolute Gasteiger partial charge is 0.141 e. The zero-order valence-electron chi connectivity index (χ0n) is 8.03. The van der Waals surface area contributed by atoms with Crippen LogP contribution in [0.4, 0.5) is 0 Å². The van der Waals surface area contributed by atoms with E-state index in [0.29, 0.717) is 24.7 Å². The molecule has 0 amide bonds. The highest BCUT2D eigenvalue weighted by Gasteiger charge is 2.17. The molecule has 0 radical (unpaired) electrons. The molecule has 1 aliphatic rings. The molecule has 2 rings (SSSR count). The standard InChI is InChI=1S/C10H14N2OS/c13-9(6-8-2-1-3-11-8)7-10-12-4-5-14-10/h4-5,8,11H,1-3,6-7H2. The van der Waals surface area contributed by atoms with Gasteiger partial charge in [0.25, 0.3) is 0 Å². The molecule has 1 aromatic heterocycles. The Morgan fingerprint density at radius 2 is 2.64 bits per heavy atom. The number of nitrogens with one attached hydrogen (secondary N) is 1. The van der Waals surface area contributed by atoms with Crippen LogP contribution in [-0.2, 0) is 11.2 Å². The monoisotopic (exact) mass is 210 g/mol. The van der Waals surface area contributed by atoms with Gasteiger partial charge in [-0.3, -0.25) is 4.79 Å². The van der Waals surface area contributed by atoms with E-state index in [1.54, 1.807) is 17.5 Å². The van der Waals surface area contributed by atoms with E-state index >= 15 is 0 Å². The van der Waals surface area contributed by atoms with Gasteiger partial charge in [-0.25, -0.2) is 4.98 Å². The van der Waals surface area contributed by atoms with E-state index in [4.69, 9.17) is 0 Å². The van der Waals surface area contributed by atoms with Crippen LogP contribution in [0, 0.1) is 0 Å². The van der Waals surface area contributed by atoms with Crippen LogP contribution in [0.15, 0.2) is 11.6 Å². The highest BCUT2D eigenvalue weighted by Crippen LogP contribution is 2.12. The summed E-state index contributed by atoms with van der Waals surface area (Å²) < 4.78 is 0. The fourth-order valence-corrected chi connectivity index (χ4v) is 2.43. The quantitative estimate of drug-likeness (QED) is 0.816. The van der Waals surface area contributed by atoms with Crippen molar-refractivity contribution < 1.29 is 4.79 Å². The minimum absolute atomic E-state index is 0.305. The van der Waals surface area contributed by atoms with E-state index in [9.17, 15) is 4.79 Å². The number of thiazole rings is 1. The van der Waals surface area contributed by atoms with Crippen molar-refractivity contribution >= 4 is 17.1 Å². The van der Waals surface area contributed by atoms with Gasteiger partial charge in [0.05, 0.1) is 11.4 Å². The molecule has 1 N–H and O–H groups in total. The Morgan fingerprint density at radius 1 is 1.71 bits per heavy atom. The number of carbonyl (C=O) groups is 1. The molecule has 1 fully saturated rings. The summed E-state index contributed by atoms with van der Waals surface area (Å²) in [5, 5.41) is 6.18. The Balaban J connectivity index is 1.78. The average molecular weight is 210 g/mol. The van der Waals surface area contributed by atoms with E-state index in [-0.39, 0.29) is 0 Å².